The third-order valence-corrected chi connectivity index (χ3v) is 4.33. The lowest BCUT2D eigenvalue weighted by Crippen LogP contribution is -2.26. The van der Waals surface area contributed by atoms with Crippen LogP contribution in [0, 0.1) is 6.92 Å². The molecule has 1 amide bonds. The lowest BCUT2D eigenvalue weighted by molar-refractivity contribution is -0.116. The van der Waals surface area contributed by atoms with Gasteiger partial charge < -0.3 is 15.8 Å². The molecule has 0 radical (unpaired) electrons. The Morgan fingerprint density at radius 3 is 2.52 bits per heavy atom. The van der Waals surface area contributed by atoms with E-state index in [9.17, 15) is 9.59 Å². The van der Waals surface area contributed by atoms with Crippen molar-refractivity contribution < 1.29 is 14.3 Å². The highest BCUT2D eigenvalue weighted by molar-refractivity contribution is 7.16. The van der Waals surface area contributed by atoms with E-state index < -0.39 is 0 Å². The monoisotopic (exact) mass is 312 g/mol. The Morgan fingerprint density at radius 1 is 1.33 bits per heavy atom. The molecule has 6 heteroatoms. The van der Waals surface area contributed by atoms with Crippen LogP contribution in [0.1, 0.15) is 54.4 Å². The lowest BCUT2D eigenvalue weighted by Gasteiger charge is -2.10. The highest BCUT2D eigenvalue weighted by Gasteiger charge is 2.23. The van der Waals surface area contributed by atoms with E-state index in [1.165, 1.54) is 11.3 Å². The molecule has 0 spiro atoms. The average Bonchev–Trinajstić information content (AvgIpc) is 2.74. The average molecular weight is 312 g/mol. The van der Waals surface area contributed by atoms with Crippen LogP contribution in [0.2, 0.25) is 0 Å². The molecular formula is C15H24N2O3S. The van der Waals surface area contributed by atoms with Gasteiger partial charge in [0.1, 0.15) is 5.00 Å². The van der Waals surface area contributed by atoms with Gasteiger partial charge in [-0.15, -0.1) is 11.3 Å². The molecule has 3 N–H and O–H groups in total. The molecule has 1 aromatic heterocycles. The predicted molar refractivity (Wildman–Crippen MR) is 85.9 cm³/mol. The molecule has 0 fully saturated rings. The summed E-state index contributed by atoms with van der Waals surface area (Å²) in [6.07, 6.45) is 1.71. The number of nitrogens with one attached hydrogen (secondary N) is 1. The van der Waals surface area contributed by atoms with E-state index in [1.54, 1.807) is 6.92 Å². The number of ether oxygens (including phenoxy) is 1. The summed E-state index contributed by atoms with van der Waals surface area (Å²) in [5, 5.41) is 3.38. The molecule has 21 heavy (non-hydrogen) atoms. The van der Waals surface area contributed by atoms with Crippen molar-refractivity contribution in [1.29, 1.82) is 0 Å². The summed E-state index contributed by atoms with van der Waals surface area (Å²) in [7, 11) is 0. The first-order valence-corrected chi connectivity index (χ1v) is 8.10. The summed E-state index contributed by atoms with van der Waals surface area (Å²) in [5.74, 6) is -0.549. The number of nitrogens with two attached hydrogens (primary N) is 1. The van der Waals surface area contributed by atoms with Gasteiger partial charge in [0.05, 0.1) is 12.2 Å². The summed E-state index contributed by atoms with van der Waals surface area (Å²) >= 11 is 1.41. The zero-order valence-electron chi connectivity index (χ0n) is 13.1. The van der Waals surface area contributed by atoms with Crippen LogP contribution in [-0.2, 0) is 16.0 Å². The largest absolute Gasteiger partial charge is 0.462 e. The maximum atomic E-state index is 12.1. The van der Waals surface area contributed by atoms with Gasteiger partial charge in [-0.05, 0) is 32.3 Å². The van der Waals surface area contributed by atoms with Gasteiger partial charge in [-0.3, -0.25) is 4.79 Å². The van der Waals surface area contributed by atoms with E-state index in [4.69, 9.17) is 10.5 Å². The first-order chi connectivity index (χ1) is 9.94. The van der Waals surface area contributed by atoms with Crippen LogP contribution in [0.4, 0.5) is 5.00 Å². The fourth-order valence-corrected chi connectivity index (χ4v) is 3.22. The quantitative estimate of drug-likeness (QED) is 0.759. The lowest BCUT2D eigenvalue weighted by atomic mass is 10.1. The number of carbonyl (C=O) groups excluding carboxylic acids is 2. The Bertz CT molecular complexity index is 511. The second kappa shape index (κ2) is 8.14. The van der Waals surface area contributed by atoms with Crippen molar-refractivity contribution in [2.75, 3.05) is 11.9 Å². The molecule has 0 aliphatic heterocycles. The smallest absolute Gasteiger partial charge is 0.341 e. The van der Waals surface area contributed by atoms with Gasteiger partial charge in [-0.1, -0.05) is 13.8 Å². The molecule has 0 aliphatic rings. The van der Waals surface area contributed by atoms with Crippen LogP contribution >= 0.6 is 11.3 Å². The number of hydrogen-bond donors (Lipinski definition) is 2. The molecule has 0 saturated heterocycles. The Kier molecular flexibility index (Phi) is 6.84. The van der Waals surface area contributed by atoms with E-state index in [2.05, 4.69) is 5.32 Å². The van der Waals surface area contributed by atoms with Crippen molar-refractivity contribution in [3.8, 4) is 0 Å². The third-order valence-electron chi connectivity index (χ3n) is 3.27. The van der Waals surface area contributed by atoms with Crippen molar-refractivity contribution in [3.05, 3.63) is 16.0 Å². The molecule has 0 bridgehead atoms. The number of carbonyl (C=O) groups is 2. The summed E-state index contributed by atoms with van der Waals surface area (Å²) in [6, 6.07) is -0.164. The maximum Gasteiger partial charge on any atom is 0.341 e. The van der Waals surface area contributed by atoms with E-state index in [-0.39, 0.29) is 24.3 Å². The number of anilines is 1. The van der Waals surface area contributed by atoms with Crippen LogP contribution in [0.5, 0.6) is 0 Å². The Morgan fingerprint density at radius 2 is 2.00 bits per heavy atom. The Balaban J connectivity index is 3.01. The molecule has 0 aromatic carbocycles. The molecule has 1 aromatic rings. The Labute approximate surface area is 129 Å². The molecular weight excluding hydrogens is 288 g/mol. The number of esters is 1. The minimum Gasteiger partial charge on any atom is -0.462 e. The van der Waals surface area contributed by atoms with Crippen LogP contribution in [0.3, 0.4) is 0 Å². The van der Waals surface area contributed by atoms with Gasteiger partial charge in [-0.2, -0.15) is 0 Å². The molecule has 5 nitrogen and oxygen atoms in total. The summed E-state index contributed by atoms with van der Waals surface area (Å²) in [5.41, 5.74) is 7.21. The number of hydrogen-bond acceptors (Lipinski definition) is 5. The van der Waals surface area contributed by atoms with Gasteiger partial charge >= 0.3 is 5.97 Å². The third kappa shape index (κ3) is 4.54. The highest BCUT2D eigenvalue weighted by Crippen LogP contribution is 2.34. The van der Waals surface area contributed by atoms with Gasteiger partial charge in [0.25, 0.3) is 0 Å². The van der Waals surface area contributed by atoms with Crippen molar-refractivity contribution in [2.24, 2.45) is 5.73 Å². The number of rotatable bonds is 7. The molecule has 1 rings (SSSR count). The second-order valence-corrected chi connectivity index (χ2v) is 6.06. The fourth-order valence-electron chi connectivity index (χ4n) is 2.07. The standard InChI is InChI=1S/C15H24N2O3S/c1-5-10(16)8-12(18)17-14-13(15(19)20-7-3)11(6-2)9(4)21-14/h10H,5-8,16H2,1-4H3,(H,17,18). The second-order valence-electron chi connectivity index (χ2n) is 4.84. The minimum absolute atomic E-state index is 0.164. The first kappa shape index (κ1) is 17.7. The topological polar surface area (TPSA) is 81.4 Å². The predicted octanol–water partition coefficient (Wildman–Crippen LogP) is 2.86. The minimum atomic E-state index is -0.381. The van der Waals surface area contributed by atoms with Crippen molar-refractivity contribution in [3.63, 3.8) is 0 Å². The van der Waals surface area contributed by atoms with Gasteiger partial charge in [0.15, 0.2) is 0 Å². The molecule has 1 atom stereocenters. The van der Waals surface area contributed by atoms with Gasteiger partial charge in [-0.25, -0.2) is 4.79 Å². The van der Waals surface area contributed by atoms with Crippen LogP contribution < -0.4 is 11.1 Å². The van der Waals surface area contributed by atoms with Crippen molar-refractivity contribution in [2.45, 2.75) is 53.0 Å². The summed E-state index contributed by atoms with van der Waals surface area (Å²) in [6.45, 7) is 7.94. The zero-order chi connectivity index (χ0) is 16.0. The van der Waals surface area contributed by atoms with Crippen LogP contribution in [-0.4, -0.2) is 24.5 Å². The van der Waals surface area contributed by atoms with E-state index in [1.807, 2.05) is 20.8 Å². The zero-order valence-corrected chi connectivity index (χ0v) is 13.9. The molecule has 1 heterocycles. The first-order valence-electron chi connectivity index (χ1n) is 7.29. The molecule has 0 saturated carbocycles. The van der Waals surface area contributed by atoms with Crippen molar-refractivity contribution in [1.82, 2.24) is 0 Å². The Hall–Kier alpha value is -1.40. The van der Waals surface area contributed by atoms with Crippen molar-refractivity contribution >= 4 is 28.2 Å². The highest BCUT2D eigenvalue weighted by atomic mass is 32.1. The molecule has 118 valence electrons. The molecule has 0 aliphatic carbocycles. The summed E-state index contributed by atoms with van der Waals surface area (Å²) < 4.78 is 5.10. The summed E-state index contributed by atoms with van der Waals surface area (Å²) in [4.78, 5) is 25.1. The van der Waals surface area contributed by atoms with Crippen LogP contribution in [0.15, 0.2) is 0 Å². The number of thiophene rings is 1. The van der Waals surface area contributed by atoms with Gasteiger partial charge in [0, 0.05) is 17.3 Å². The number of amides is 1. The fraction of sp³-hybridized carbons (Fsp3) is 0.600. The number of aryl methyl sites for hydroxylation is 1. The van der Waals surface area contributed by atoms with Gasteiger partial charge in [0.2, 0.25) is 5.91 Å². The normalized spacial score (nSPS) is 12.0. The SMILES string of the molecule is CCOC(=O)c1c(NC(=O)CC(N)CC)sc(C)c1CC. The maximum absolute atomic E-state index is 12.1. The van der Waals surface area contributed by atoms with Crippen LogP contribution in [0.25, 0.3) is 0 Å². The van der Waals surface area contributed by atoms with E-state index >= 15 is 0 Å². The van der Waals surface area contributed by atoms with E-state index in [0.29, 0.717) is 17.2 Å². The van der Waals surface area contributed by atoms with E-state index in [0.717, 1.165) is 23.3 Å². The molecule has 1 unspecified atom stereocenters.